The van der Waals surface area contributed by atoms with Gasteiger partial charge < -0.3 is 0 Å². The van der Waals surface area contributed by atoms with E-state index in [1.807, 2.05) is 17.0 Å². The zero-order valence-electron chi connectivity index (χ0n) is 7.20. The Bertz CT molecular complexity index is 248. The topological polar surface area (TPSA) is 15.4 Å². The molecular formula is C9H13N2+. The van der Waals surface area contributed by atoms with Gasteiger partial charge in [-0.25, -0.2) is 0 Å². The number of terminal acetylenes is 1. The van der Waals surface area contributed by atoms with Crippen LogP contribution < -0.4 is 0 Å². The molecule has 0 aromatic carbocycles. The van der Waals surface area contributed by atoms with Crippen LogP contribution in [0.25, 0.3) is 0 Å². The molecule has 2 heteroatoms. The third-order valence-corrected chi connectivity index (χ3v) is 1.52. The minimum Gasteiger partial charge on any atom is -0.117 e. The maximum absolute atomic E-state index is 5.22. The lowest BCUT2D eigenvalue weighted by atomic mass is 10.1. The summed E-state index contributed by atoms with van der Waals surface area (Å²) in [5.74, 6) is 2.57. The smallest absolute Gasteiger partial charge is 0.117 e. The average Bonchev–Trinajstić information content (AvgIpc) is 2.32. The van der Waals surface area contributed by atoms with E-state index < -0.39 is 0 Å². The highest BCUT2D eigenvalue weighted by molar-refractivity contribution is 5.10. The van der Waals surface area contributed by atoms with Crippen LogP contribution in [-0.4, -0.2) is 16.3 Å². The molecule has 1 heterocycles. The van der Waals surface area contributed by atoms with E-state index >= 15 is 0 Å². The molecule has 0 spiro atoms. The molecule has 0 aliphatic carbocycles. The first-order chi connectivity index (χ1) is 5.04. The highest BCUT2D eigenvalue weighted by atomic mass is 15.3. The Morgan fingerprint density at radius 2 is 2.18 bits per heavy atom. The van der Waals surface area contributed by atoms with Gasteiger partial charge in [0.2, 0.25) is 0 Å². The van der Waals surface area contributed by atoms with Crippen LogP contribution in [0.3, 0.4) is 0 Å². The van der Waals surface area contributed by atoms with Crippen molar-refractivity contribution < 1.29 is 4.70 Å². The Hall–Kier alpha value is -1.10. The number of hydrogen-bond donors (Lipinski definition) is 0. The van der Waals surface area contributed by atoms with Crippen LogP contribution in [0.5, 0.6) is 0 Å². The molecule has 0 radical (unpaired) electrons. The van der Waals surface area contributed by atoms with E-state index in [0.717, 1.165) is 0 Å². The number of nitrogens with zero attached hydrogens (tertiary/aromatic N) is 2. The van der Waals surface area contributed by atoms with Gasteiger partial charge in [-0.3, -0.25) is 0 Å². The molecule has 2 nitrogen and oxygen atoms in total. The van der Waals surface area contributed by atoms with Crippen LogP contribution in [0, 0.1) is 12.3 Å². The zero-order chi connectivity index (χ0) is 8.48. The lowest BCUT2D eigenvalue weighted by molar-refractivity contribution is -0.594. The Labute approximate surface area is 67.6 Å². The lowest BCUT2D eigenvalue weighted by Crippen LogP contribution is -2.26. The summed E-state index contributed by atoms with van der Waals surface area (Å²) in [7, 11) is 0. The van der Waals surface area contributed by atoms with Crippen LogP contribution in [0.15, 0.2) is 17.4 Å². The second-order valence-electron chi connectivity index (χ2n) is 3.58. The van der Waals surface area contributed by atoms with Crippen LogP contribution in [0.1, 0.15) is 20.8 Å². The molecule has 0 saturated heterocycles. The van der Waals surface area contributed by atoms with Crippen molar-refractivity contribution in [1.82, 2.24) is 0 Å². The number of rotatable bonds is 0. The van der Waals surface area contributed by atoms with Crippen LogP contribution >= 0.6 is 0 Å². The van der Waals surface area contributed by atoms with Gasteiger partial charge in [-0.15, -0.1) is 6.42 Å². The third kappa shape index (κ3) is 1.68. The molecule has 1 aliphatic heterocycles. The van der Waals surface area contributed by atoms with Crippen molar-refractivity contribution in [1.29, 1.82) is 0 Å². The molecule has 0 amide bonds. The van der Waals surface area contributed by atoms with Crippen molar-refractivity contribution in [3.05, 3.63) is 12.3 Å². The summed E-state index contributed by atoms with van der Waals surface area (Å²) in [6.07, 6.45) is 9.07. The van der Waals surface area contributed by atoms with Crippen molar-refractivity contribution in [2.24, 2.45) is 5.11 Å². The molecule has 0 aromatic rings. The van der Waals surface area contributed by atoms with Crippen molar-refractivity contribution >= 4 is 0 Å². The van der Waals surface area contributed by atoms with E-state index in [1.165, 1.54) is 0 Å². The van der Waals surface area contributed by atoms with Crippen LogP contribution in [0.2, 0.25) is 0 Å². The highest BCUT2D eigenvalue weighted by Gasteiger charge is 2.28. The Morgan fingerprint density at radius 1 is 1.55 bits per heavy atom. The summed E-state index contributed by atoms with van der Waals surface area (Å²) >= 11 is 0. The second kappa shape index (κ2) is 2.50. The molecule has 58 valence electrons. The summed E-state index contributed by atoms with van der Waals surface area (Å²) in [5, 5.41) is 4.26. The number of hydrogen-bond acceptors (Lipinski definition) is 1. The molecule has 0 saturated carbocycles. The first kappa shape index (κ1) is 8.00. The molecule has 0 fully saturated rings. The van der Waals surface area contributed by atoms with E-state index in [9.17, 15) is 0 Å². The molecule has 0 N–H and O–H groups in total. The minimum absolute atomic E-state index is 0.0437. The fourth-order valence-electron chi connectivity index (χ4n) is 0.860. The predicted octanol–water partition coefficient (Wildman–Crippen LogP) is 1.78. The Morgan fingerprint density at radius 3 is 2.45 bits per heavy atom. The van der Waals surface area contributed by atoms with Gasteiger partial charge in [-0.1, -0.05) is 10.6 Å². The van der Waals surface area contributed by atoms with Gasteiger partial charge in [0.15, 0.2) is 17.8 Å². The number of azo groups is 2. The van der Waals surface area contributed by atoms with Gasteiger partial charge in [0.05, 0.1) is 0 Å². The van der Waals surface area contributed by atoms with Crippen molar-refractivity contribution in [2.45, 2.75) is 32.4 Å². The molecule has 11 heavy (non-hydrogen) atoms. The SMILES string of the molecule is C#CC1C=C[N+](C(C)(C)C)=N1. The summed E-state index contributed by atoms with van der Waals surface area (Å²) in [4.78, 5) is 0. The molecule has 0 aromatic heterocycles. The van der Waals surface area contributed by atoms with E-state index in [2.05, 4.69) is 31.8 Å². The van der Waals surface area contributed by atoms with E-state index in [4.69, 9.17) is 6.42 Å². The molecule has 1 unspecified atom stereocenters. The molecule has 1 atom stereocenters. The van der Waals surface area contributed by atoms with E-state index in [0.29, 0.717) is 0 Å². The van der Waals surface area contributed by atoms with Gasteiger partial charge >= 0.3 is 0 Å². The maximum atomic E-state index is 5.22. The lowest BCUT2D eigenvalue weighted by Gasteiger charge is -2.08. The van der Waals surface area contributed by atoms with Crippen LogP contribution in [-0.2, 0) is 0 Å². The first-order valence-corrected chi connectivity index (χ1v) is 3.68. The highest BCUT2D eigenvalue weighted by Crippen LogP contribution is 2.14. The summed E-state index contributed by atoms with van der Waals surface area (Å²) in [6, 6.07) is -0.0609. The van der Waals surface area contributed by atoms with Gasteiger partial charge in [-0.05, 0) is 5.11 Å². The Balaban J connectivity index is 2.82. The second-order valence-corrected chi connectivity index (χ2v) is 3.58. The van der Waals surface area contributed by atoms with Gasteiger partial charge in [-0.2, -0.15) is 0 Å². The molecule has 0 bridgehead atoms. The average molecular weight is 149 g/mol. The molecule has 1 rings (SSSR count). The monoisotopic (exact) mass is 149 g/mol. The summed E-state index contributed by atoms with van der Waals surface area (Å²) < 4.78 is 1.90. The van der Waals surface area contributed by atoms with Crippen molar-refractivity contribution in [3.63, 3.8) is 0 Å². The largest absolute Gasteiger partial charge is 0.197 e. The van der Waals surface area contributed by atoms with E-state index in [1.54, 1.807) is 0 Å². The predicted molar refractivity (Wildman–Crippen MR) is 44.2 cm³/mol. The first-order valence-electron chi connectivity index (χ1n) is 3.68. The molecule has 1 aliphatic rings. The fourth-order valence-corrected chi connectivity index (χ4v) is 0.860. The minimum atomic E-state index is -0.0609. The maximum Gasteiger partial charge on any atom is 0.197 e. The van der Waals surface area contributed by atoms with Gasteiger partial charge in [0, 0.05) is 26.8 Å². The van der Waals surface area contributed by atoms with E-state index in [-0.39, 0.29) is 11.6 Å². The normalized spacial score (nSPS) is 23.1. The van der Waals surface area contributed by atoms with Gasteiger partial charge in [0.1, 0.15) is 0 Å². The quantitative estimate of drug-likeness (QED) is 0.368. The van der Waals surface area contributed by atoms with Gasteiger partial charge in [0.25, 0.3) is 0 Å². The summed E-state index contributed by atoms with van der Waals surface area (Å²) in [5.41, 5.74) is 0.0437. The third-order valence-electron chi connectivity index (χ3n) is 1.52. The standard InChI is InChI=1S/C9H13N2/c1-5-8-6-7-11(10-8)9(2,3)4/h1,6-8H,2-4H3/q+1. The van der Waals surface area contributed by atoms with Crippen molar-refractivity contribution in [3.8, 4) is 12.3 Å². The Kier molecular flexibility index (Phi) is 1.82. The van der Waals surface area contributed by atoms with Crippen molar-refractivity contribution in [2.75, 3.05) is 0 Å². The molecular weight excluding hydrogens is 136 g/mol. The van der Waals surface area contributed by atoms with Crippen LogP contribution in [0.4, 0.5) is 0 Å². The summed E-state index contributed by atoms with van der Waals surface area (Å²) in [6.45, 7) is 6.29. The fraction of sp³-hybridized carbons (Fsp3) is 0.556. The zero-order valence-corrected chi connectivity index (χ0v) is 7.20.